The maximum Gasteiger partial charge on any atom is 0.472 e. The first-order valence-corrected chi connectivity index (χ1v) is 28.6. The number of aliphatic hydroxyl groups excluding tert-OH is 1. The van der Waals surface area contributed by atoms with Gasteiger partial charge in [-0.1, -0.05) is 206 Å². The van der Waals surface area contributed by atoms with Crippen LogP contribution in [0.15, 0.2) is 134 Å². The number of phosphoric ester groups is 1. The number of phosphoric acid groups is 1. The Morgan fingerprint density at radius 2 is 0.778 bits per heavy atom. The molecule has 2 N–H and O–H groups in total. The summed E-state index contributed by atoms with van der Waals surface area (Å²) in [5.74, 6) is -1.80. The predicted octanol–water partition coefficient (Wildman–Crippen LogP) is 15.8. The second-order valence-electron chi connectivity index (χ2n) is 17.3. The Morgan fingerprint density at radius 3 is 1.21 bits per heavy atom. The van der Waals surface area contributed by atoms with Crippen molar-refractivity contribution in [3.8, 4) is 0 Å². The Bertz CT molecular complexity index is 1710. The van der Waals surface area contributed by atoms with Crippen molar-refractivity contribution in [1.82, 2.24) is 0 Å². The first-order valence-electron chi connectivity index (χ1n) is 27.1. The molecule has 406 valence electrons. The van der Waals surface area contributed by atoms with Crippen LogP contribution in [0.1, 0.15) is 188 Å². The van der Waals surface area contributed by atoms with Gasteiger partial charge in [0.15, 0.2) is 6.10 Å². The lowest BCUT2D eigenvalue weighted by Gasteiger charge is -2.21. The quantitative estimate of drug-likeness (QED) is 0.0197. The molecule has 0 heterocycles. The lowest BCUT2D eigenvalue weighted by atomic mass is 10.1. The summed E-state index contributed by atoms with van der Waals surface area (Å²) in [7, 11) is -4.80. The number of ether oxygens (including phenoxy) is 3. The molecule has 3 atom stereocenters. The Labute approximate surface area is 436 Å². The average Bonchev–Trinajstić information content (AvgIpc) is 3.37. The van der Waals surface area contributed by atoms with Gasteiger partial charge < -0.3 is 24.2 Å². The summed E-state index contributed by atoms with van der Waals surface area (Å²) in [6.07, 6.45) is 66.2. The van der Waals surface area contributed by atoms with Gasteiger partial charge in [0.2, 0.25) is 0 Å². The number of allylic oxidation sites excluding steroid dienone is 20. The van der Waals surface area contributed by atoms with Gasteiger partial charge in [0.1, 0.15) is 12.7 Å². The van der Waals surface area contributed by atoms with E-state index in [9.17, 15) is 28.9 Å². The van der Waals surface area contributed by atoms with Crippen molar-refractivity contribution in [3.63, 3.8) is 0 Å². The van der Waals surface area contributed by atoms with Crippen molar-refractivity contribution in [2.75, 3.05) is 26.4 Å². The molecule has 0 aromatic rings. The summed E-state index contributed by atoms with van der Waals surface area (Å²) in [6, 6.07) is 0. The number of hydrogen-bond acceptors (Lipinski definition) is 10. The minimum absolute atomic E-state index is 0.0325. The normalized spacial score (nSPS) is 14.5. The van der Waals surface area contributed by atoms with E-state index in [-0.39, 0.29) is 19.3 Å². The summed E-state index contributed by atoms with van der Waals surface area (Å²) in [4.78, 5) is 48.3. The van der Waals surface area contributed by atoms with Gasteiger partial charge in [0, 0.05) is 6.42 Å². The van der Waals surface area contributed by atoms with Crippen molar-refractivity contribution in [2.24, 2.45) is 0 Å². The SMILES string of the molecule is CC/C=C\C/C=C\C/C=C\C/C=C\C/C=C\CC(=O)OCC(COP(=O)(O)OCC(CO)OC(=O)CCCCCCC/C=C\CCCCCCCC)OC(=O)C/C=C\C/C=C\C/C=C\C/C=C\C/C=C\CC. The minimum atomic E-state index is -4.80. The fourth-order valence-corrected chi connectivity index (χ4v) is 7.34. The van der Waals surface area contributed by atoms with Crippen molar-refractivity contribution in [3.05, 3.63) is 134 Å². The highest BCUT2D eigenvalue weighted by molar-refractivity contribution is 7.47. The number of rotatable bonds is 48. The molecule has 0 saturated heterocycles. The van der Waals surface area contributed by atoms with Crippen LogP contribution in [0, 0.1) is 0 Å². The average molecular weight is 1020 g/mol. The maximum atomic E-state index is 12.9. The molecule has 0 bridgehead atoms. The molecule has 0 rings (SSSR count). The Hall–Kier alpha value is -4.38. The van der Waals surface area contributed by atoms with Gasteiger partial charge >= 0.3 is 25.7 Å². The van der Waals surface area contributed by atoms with E-state index in [1.54, 1.807) is 12.2 Å². The predicted molar refractivity (Wildman–Crippen MR) is 297 cm³/mol. The third kappa shape index (κ3) is 50.6. The van der Waals surface area contributed by atoms with E-state index >= 15 is 0 Å². The fourth-order valence-electron chi connectivity index (χ4n) is 6.56. The van der Waals surface area contributed by atoms with Crippen molar-refractivity contribution in [2.45, 2.75) is 200 Å². The van der Waals surface area contributed by atoms with Gasteiger partial charge in [0.25, 0.3) is 0 Å². The van der Waals surface area contributed by atoms with Crippen LogP contribution in [-0.2, 0) is 42.2 Å². The molecular weight excluding hydrogens is 928 g/mol. The van der Waals surface area contributed by atoms with Crippen molar-refractivity contribution >= 4 is 25.7 Å². The third-order valence-corrected chi connectivity index (χ3v) is 11.6. The molecule has 0 spiro atoms. The van der Waals surface area contributed by atoms with Crippen LogP contribution in [0.4, 0.5) is 0 Å². The van der Waals surface area contributed by atoms with E-state index in [0.717, 1.165) is 89.9 Å². The van der Waals surface area contributed by atoms with E-state index in [2.05, 4.69) is 106 Å². The topological polar surface area (TPSA) is 155 Å². The van der Waals surface area contributed by atoms with E-state index < -0.39 is 64.4 Å². The highest BCUT2D eigenvalue weighted by atomic mass is 31.2. The van der Waals surface area contributed by atoms with Gasteiger partial charge in [-0.25, -0.2) is 4.57 Å². The Kier molecular flexibility index (Phi) is 49.7. The molecule has 0 aromatic carbocycles. The van der Waals surface area contributed by atoms with Crippen LogP contribution < -0.4 is 0 Å². The molecule has 11 nitrogen and oxygen atoms in total. The second-order valence-corrected chi connectivity index (χ2v) is 18.8. The number of aliphatic hydroxyl groups is 1. The lowest BCUT2D eigenvalue weighted by Crippen LogP contribution is -2.30. The number of esters is 3. The van der Waals surface area contributed by atoms with Crippen LogP contribution in [0.5, 0.6) is 0 Å². The molecule has 0 aliphatic rings. The van der Waals surface area contributed by atoms with Crippen molar-refractivity contribution in [1.29, 1.82) is 0 Å². The molecule has 0 fully saturated rings. The summed E-state index contributed by atoms with van der Waals surface area (Å²) >= 11 is 0. The highest BCUT2D eigenvalue weighted by Crippen LogP contribution is 2.43. The van der Waals surface area contributed by atoms with Gasteiger partial charge in [-0.2, -0.15) is 0 Å². The molecule has 0 aromatic heterocycles. The zero-order chi connectivity index (χ0) is 52.7. The summed E-state index contributed by atoms with van der Waals surface area (Å²) in [6.45, 7) is 4.14. The molecule has 0 amide bonds. The van der Waals surface area contributed by atoms with Gasteiger partial charge in [0.05, 0.1) is 32.7 Å². The van der Waals surface area contributed by atoms with Crippen LogP contribution in [0.3, 0.4) is 0 Å². The summed E-state index contributed by atoms with van der Waals surface area (Å²) in [5.41, 5.74) is 0. The fraction of sp³-hybridized carbons (Fsp3) is 0.583. The molecule has 3 unspecified atom stereocenters. The van der Waals surface area contributed by atoms with E-state index in [1.165, 1.54) is 38.5 Å². The summed E-state index contributed by atoms with van der Waals surface area (Å²) < 4.78 is 39.1. The largest absolute Gasteiger partial charge is 0.472 e. The standard InChI is InChI=1S/C60H95O11P/c1-4-7-10-13-16-19-22-25-28-31-34-37-40-43-46-49-58(62)67-53-57(71-60(64)51-48-45-42-39-36-33-30-27-24-21-18-15-12-9-6-3)55-69-72(65,66)68-54-56(52-61)70-59(63)50-47-44-41-38-35-32-29-26-23-20-17-14-11-8-5-2/h7,9-10,12,16,18-19,21,25-30,34,36-37,39,43,45-46,48,56-57,61H,4-6,8,11,13-15,17,20,22-24,31-33,35,38,40-42,44,47,49-55H2,1-3H3,(H,65,66)/b10-7-,12-9-,19-16-,21-18-,28-25-,29-26-,30-27-,37-34-,39-36-,46-43-,48-45-. The first-order chi connectivity index (χ1) is 35.2. The molecule has 12 heteroatoms. The number of carbonyl (C=O) groups excluding carboxylic acids is 3. The smallest absolute Gasteiger partial charge is 0.461 e. The van der Waals surface area contributed by atoms with Crippen molar-refractivity contribution < 1.29 is 52.2 Å². The second kappa shape index (κ2) is 52.9. The van der Waals surface area contributed by atoms with Crippen LogP contribution >= 0.6 is 7.82 Å². The third-order valence-electron chi connectivity index (χ3n) is 10.6. The van der Waals surface area contributed by atoms with Crippen LogP contribution in [0.25, 0.3) is 0 Å². The highest BCUT2D eigenvalue weighted by Gasteiger charge is 2.28. The Balaban J connectivity index is 4.96. The van der Waals surface area contributed by atoms with Gasteiger partial charge in [-0.3, -0.25) is 23.4 Å². The summed E-state index contributed by atoms with van der Waals surface area (Å²) in [5, 5.41) is 9.79. The molecule has 0 saturated carbocycles. The van der Waals surface area contributed by atoms with E-state index in [1.807, 2.05) is 36.5 Å². The lowest BCUT2D eigenvalue weighted by molar-refractivity contribution is -0.160. The van der Waals surface area contributed by atoms with Gasteiger partial charge in [-0.05, 0) is 96.3 Å². The first kappa shape index (κ1) is 67.6. The molecule has 0 aliphatic heterocycles. The molecule has 0 radical (unpaired) electrons. The van der Waals surface area contributed by atoms with E-state index in [4.69, 9.17) is 23.3 Å². The number of unbranched alkanes of at least 4 members (excludes halogenated alkanes) is 11. The molecular formula is C60H95O11P. The number of hydrogen-bond donors (Lipinski definition) is 2. The van der Waals surface area contributed by atoms with Gasteiger partial charge in [-0.15, -0.1) is 0 Å². The zero-order valence-corrected chi connectivity index (χ0v) is 45.5. The maximum absolute atomic E-state index is 12.9. The van der Waals surface area contributed by atoms with E-state index in [0.29, 0.717) is 19.3 Å². The monoisotopic (exact) mass is 1020 g/mol. The molecule has 72 heavy (non-hydrogen) atoms. The zero-order valence-electron chi connectivity index (χ0n) is 44.6. The van der Waals surface area contributed by atoms with Crippen LogP contribution in [-0.4, -0.2) is 66.5 Å². The van der Waals surface area contributed by atoms with Crippen LogP contribution in [0.2, 0.25) is 0 Å². The minimum Gasteiger partial charge on any atom is -0.461 e. The Morgan fingerprint density at radius 1 is 0.417 bits per heavy atom. The number of carbonyl (C=O) groups is 3. The molecule has 0 aliphatic carbocycles.